The number of nitrogens with one attached hydrogen (secondary N) is 1. The van der Waals surface area contributed by atoms with Crippen molar-refractivity contribution in [2.24, 2.45) is 5.92 Å². The maximum absolute atomic E-state index is 12.5. The molecule has 3 nitrogen and oxygen atoms in total. The minimum Gasteiger partial charge on any atom is -0.378 e. The normalized spacial score (nSPS) is 35.0. The van der Waals surface area contributed by atoms with E-state index in [4.69, 9.17) is 9.47 Å². The summed E-state index contributed by atoms with van der Waals surface area (Å²) in [5.41, 5.74) is -0.330. The molecular formula is C12H20F3NO2. The second kappa shape index (κ2) is 5.35. The first-order valence-electron chi connectivity index (χ1n) is 6.40. The van der Waals surface area contributed by atoms with Gasteiger partial charge in [0.15, 0.2) is 0 Å². The van der Waals surface area contributed by atoms with Crippen molar-refractivity contribution in [3.63, 3.8) is 0 Å². The van der Waals surface area contributed by atoms with Gasteiger partial charge in [0.1, 0.15) is 0 Å². The third kappa shape index (κ3) is 3.36. The van der Waals surface area contributed by atoms with Gasteiger partial charge in [-0.1, -0.05) is 0 Å². The summed E-state index contributed by atoms with van der Waals surface area (Å²) < 4.78 is 48.6. The summed E-state index contributed by atoms with van der Waals surface area (Å²) in [6.45, 7) is 1.70. The summed E-state index contributed by atoms with van der Waals surface area (Å²) in [4.78, 5) is 0. The fourth-order valence-electron chi connectivity index (χ4n) is 3.03. The van der Waals surface area contributed by atoms with Crippen LogP contribution in [0.4, 0.5) is 13.2 Å². The molecule has 3 unspecified atom stereocenters. The van der Waals surface area contributed by atoms with Crippen LogP contribution in [-0.2, 0) is 9.47 Å². The molecule has 0 aromatic rings. The highest BCUT2D eigenvalue weighted by Gasteiger charge is 2.44. The maximum Gasteiger partial charge on any atom is 0.390 e. The Morgan fingerprint density at radius 3 is 2.72 bits per heavy atom. The second-order valence-corrected chi connectivity index (χ2v) is 5.30. The lowest BCUT2D eigenvalue weighted by Gasteiger charge is -2.40. The molecule has 2 heterocycles. The smallest absolute Gasteiger partial charge is 0.378 e. The molecule has 0 aromatic carbocycles. The lowest BCUT2D eigenvalue weighted by Crippen LogP contribution is -2.47. The Labute approximate surface area is 105 Å². The van der Waals surface area contributed by atoms with E-state index in [0.717, 1.165) is 6.42 Å². The van der Waals surface area contributed by atoms with E-state index in [1.807, 2.05) is 0 Å². The number of alkyl halides is 3. The zero-order valence-electron chi connectivity index (χ0n) is 10.6. The van der Waals surface area contributed by atoms with Crippen molar-refractivity contribution in [1.29, 1.82) is 0 Å². The minimum absolute atomic E-state index is 0.00655. The van der Waals surface area contributed by atoms with E-state index in [0.29, 0.717) is 32.7 Å². The Kier molecular flexibility index (Phi) is 4.18. The summed E-state index contributed by atoms with van der Waals surface area (Å²) >= 11 is 0. The Bertz CT molecular complexity index is 277. The van der Waals surface area contributed by atoms with Crippen LogP contribution in [-0.4, -0.2) is 44.7 Å². The lowest BCUT2D eigenvalue weighted by atomic mass is 9.80. The van der Waals surface area contributed by atoms with Gasteiger partial charge < -0.3 is 14.8 Å². The van der Waals surface area contributed by atoms with Crippen LogP contribution in [0, 0.1) is 5.92 Å². The van der Waals surface area contributed by atoms with Crippen molar-refractivity contribution in [3.05, 3.63) is 0 Å². The Morgan fingerprint density at radius 1 is 1.39 bits per heavy atom. The van der Waals surface area contributed by atoms with Crippen LogP contribution in [0.15, 0.2) is 0 Å². The molecule has 0 amide bonds. The van der Waals surface area contributed by atoms with Crippen molar-refractivity contribution in [3.8, 4) is 0 Å². The van der Waals surface area contributed by atoms with Gasteiger partial charge in [-0.2, -0.15) is 13.2 Å². The van der Waals surface area contributed by atoms with Gasteiger partial charge in [0.25, 0.3) is 0 Å². The number of hydrogen-bond acceptors (Lipinski definition) is 3. The van der Waals surface area contributed by atoms with Crippen molar-refractivity contribution < 1.29 is 22.6 Å². The van der Waals surface area contributed by atoms with Gasteiger partial charge in [-0.25, -0.2) is 0 Å². The van der Waals surface area contributed by atoms with Crippen molar-refractivity contribution in [2.45, 2.75) is 43.5 Å². The van der Waals surface area contributed by atoms with Gasteiger partial charge in [0.05, 0.1) is 18.6 Å². The van der Waals surface area contributed by atoms with Crippen molar-refractivity contribution in [1.82, 2.24) is 5.32 Å². The molecule has 6 heteroatoms. The second-order valence-electron chi connectivity index (χ2n) is 5.30. The van der Waals surface area contributed by atoms with Gasteiger partial charge in [-0.05, 0) is 25.8 Å². The van der Waals surface area contributed by atoms with E-state index in [9.17, 15) is 13.2 Å². The third-order valence-electron chi connectivity index (χ3n) is 3.99. The molecular weight excluding hydrogens is 247 g/mol. The fourth-order valence-corrected chi connectivity index (χ4v) is 3.03. The summed E-state index contributed by atoms with van der Waals surface area (Å²) in [6, 6.07) is -0.522. The zero-order valence-corrected chi connectivity index (χ0v) is 10.6. The molecule has 1 spiro atoms. The topological polar surface area (TPSA) is 30.5 Å². The van der Waals surface area contributed by atoms with Crippen LogP contribution in [0.1, 0.15) is 25.7 Å². The van der Waals surface area contributed by atoms with E-state index in [1.54, 1.807) is 7.05 Å². The van der Waals surface area contributed by atoms with E-state index >= 15 is 0 Å². The van der Waals surface area contributed by atoms with Crippen LogP contribution in [0.3, 0.4) is 0 Å². The molecule has 2 saturated heterocycles. The first-order chi connectivity index (χ1) is 8.44. The van der Waals surface area contributed by atoms with Gasteiger partial charge in [0.2, 0.25) is 0 Å². The maximum atomic E-state index is 12.5. The number of halogens is 3. The van der Waals surface area contributed by atoms with Crippen LogP contribution in [0.2, 0.25) is 0 Å². The molecule has 1 N–H and O–H groups in total. The van der Waals surface area contributed by atoms with E-state index in [2.05, 4.69) is 5.32 Å². The Balaban J connectivity index is 1.98. The lowest BCUT2D eigenvalue weighted by molar-refractivity contribution is -0.152. The predicted molar refractivity (Wildman–Crippen MR) is 60.4 cm³/mol. The number of hydrogen-bond donors (Lipinski definition) is 1. The van der Waals surface area contributed by atoms with Crippen LogP contribution in [0.5, 0.6) is 0 Å². The summed E-state index contributed by atoms with van der Waals surface area (Å²) in [5.74, 6) is 0.00655. The van der Waals surface area contributed by atoms with Crippen LogP contribution in [0.25, 0.3) is 0 Å². The molecule has 2 fully saturated rings. The standard InChI is InChI=1S/C12H20F3NO2/c1-16-10(7-12(13,14)15)9-2-4-18-11(6-9)3-5-17-8-11/h9-10,16H,2-8H2,1H3. The predicted octanol–water partition coefficient (Wildman–Crippen LogP) is 2.11. The summed E-state index contributed by atoms with van der Waals surface area (Å²) in [7, 11) is 1.60. The monoisotopic (exact) mass is 267 g/mol. The van der Waals surface area contributed by atoms with Gasteiger partial charge >= 0.3 is 6.18 Å². The highest BCUT2D eigenvalue weighted by molar-refractivity contribution is 4.93. The zero-order chi connectivity index (χ0) is 13.2. The Morgan fingerprint density at radius 2 is 2.17 bits per heavy atom. The molecule has 2 aliphatic rings. The van der Waals surface area contributed by atoms with Gasteiger partial charge in [-0.3, -0.25) is 0 Å². The van der Waals surface area contributed by atoms with E-state index < -0.39 is 18.6 Å². The number of ether oxygens (including phenoxy) is 2. The molecule has 0 bridgehead atoms. The molecule has 0 aliphatic carbocycles. The average molecular weight is 267 g/mol. The quantitative estimate of drug-likeness (QED) is 0.849. The van der Waals surface area contributed by atoms with E-state index in [-0.39, 0.29) is 11.5 Å². The molecule has 3 atom stereocenters. The third-order valence-corrected chi connectivity index (χ3v) is 3.99. The SMILES string of the molecule is CNC(CC(F)(F)F)C1CCOC2(CCOC2)C1. The molecule has 2 rings (SSSR count). The number of rotatable bonds is 3. The highest BCUT2D eigenvalue weighted by atomic mass is 19.4. The van der Waals surface area contributed by atoms with Crippen LogP contribution >= 0.6 is 0 Å². The summed E-state index contributed by atoms with van der Waals surface area (Å²) in [5, 5.41) is 2.82. The fraction of sp³-hybridized carbons (Fsp3) is 1.00. The molecule has 0 saturated carbocycles. The summed E-state index contributed by atoms with van der Waals surface area (Å²) in [6.07, 6.45) is -2.75. The molecule has 18 heavy (non-hydrogen) atoms. The minimum atomic E-state index is -4.12. The molecule has 2 aliphatic heterocycles. The van der Waals surface area contributed by atoms with Gasteiger partial charge in [0, 0.05) is 25.7 Å². The van der Waals surface area contributed by atoms with Gasteiger partial charge in [-0.15, -0.1) is 0 Å². The van der Waals surface area contributed by atoms with Crippen LogP contribution < -0.4 is 5.32 Å². The van der Waals surface area contributed by atoms with Crippen molar-refractivity contribution >= 4 is 0 Å². The highest BCUT2D eigenvalue weighted by Crippen LogP contribution is 2.39. The first kappa shape index (κ1) is 14.1. The molecule has 0 radical (unpaired) electrons. The van der Waals surface area contributed by atoms with E-state index in [1.165, 1.54) is 0 Å². The average Bonchev–Trinajstić information content (AvgIpc) is 2.73. The first-order valence-corrected chi connectivity index (χ1v) is 6.40. The largest absolute Gasteiger partial charge is 0.390 e. The molecule has 0 aromatic heterocycles. The molecule has 106 valence electrons. The van der Waals surface area contributed by atoms with Crippen molar-refractivity contribution in [2.75, 3.05) is 26.9 Å². The Hall–Kier alpha value is -0.330.